The predicted molar refractivity (Wildman–Crippen MR) is 386 cm³/mol. The van der Waals surface area contributed by atoms with Crippen LogP contribution in [0.25, 0.3) is 0 Å². The van der Waals surface area contributed by atoms with Crippen LogP contribution < -0.4 is 0 Å². The van der Waals surface area contributed by atoms with E-state index < -0.39 is 97.5 Å². The summed E-state index contributed by atoms with van der Waals surface area (Å²) < 4.78 is 68.5. The number of ether oxygens (including phenoxy) is 4. The zero-order chi connectivity index (χ0) is 69.8. The molecule has 0 saturated heterocycles. The normalized spacial score (nSPS) is 13.9. The third kappa shape index (κ3) is 70.3. The molecule has 0 rings (SSSR count). The van der Waals surface area contributed by atoms with Crippen molar-refractivity contribution < 1.29 is 80.2 Å². The number of carbonyl (C=O) groups excluding carboxylic acids is 4. The van der Waals surface area contributed by atoms with Crippen LogP contribution in [0.15, 0.2) is 0 Å². The van der Waals surface area contributed by atoms with Crippen LogP contribution in [0.5, 0.6) is 0 Å². The van der Waals surface area contributed by atoms with Gasteiger partial charge in [-0.25, -0.2) is 9.13 Å². The number of esters is 4. The number of hydrogen-bond acceptors (Lipinski definition) is 15. The summed E-state index contributed by atoms with van der Waals surface area (Å²) in [6.45, 7) is 7.24. The van der Waals surface area contributed by atoms with Gasteiger partial charge in [0.05, 0.1) is 26.4 Å². The number of phosphoric acid groups is 2. The zero-order valence-corrected chi connectivity index (χ0v) is 63.6. The van der Waals surface area contributed by atoms with E-state index in [4.69, 9.17) is 37.0 Å². The number of rotatable bonds is 76. The first-order chi connectivity index (χ1) is 46.0. The van der Waals surface area contributed by atoms with Crippen molar-refractivity contribution in [3.8, 4) is 0 Å². The number of carbonyl (C=O) groups is 4. The quantitative estimate of drug-likeness (QED) is 0.0222. The van der Waals surface area contributed by atoms with Gasteiger partial charge in [0, 0.05) is 25.7 Å². The predicted octanol–water partition coefficient (Wildman–Crippen LogP) is 22.5. The molecule has 0 spiro atoms. The van der Waals surface area contributed by atoms with E-state index in [0.29, 0.717) is 31.6 Å². The molecule has 0 amide bonds. The number of phosphoric ester groups is 2. The zero-order valence-electron chi connectivity index (χ0n) is 61.8. The van der Waals surface area contributed by atoms with Gasteiger partial charge in [0.15, 0.2) is 12.2 Å². The van der Waals surface area contributed by atoms with Crippen molar-refractivity contribution >= 4 is 39.5 Å². The average molecular weight is 1400 g/mol. The monoisotopic (exact) mass is 1400 g/mol. The van der Waals surface area contributed by atoms with Gasteiger partial charge in [0.25, 0.3) is 0 Å². The van der Waals surface area contributed by atoms with Crippen LogP contribution in [0, 0.1) is 5.92 Å². The fourth-order valence-electron chi connectivity index (χ4n) is 11.7. The van der Waals surface area contributed by atoms with Gasteiger partial charge in [-0.1, -0.05) is 349 Å². The Morgan fingerprint density at radius 2 is 0.484 bits per heavy atom. The van der Waals surface area contributed by atoms with E-state index in [0.717, 1.165) is 96.3 Å². The van der Waals surface area contributed by atoms with Gasteiger partial charge in [-0.2, -0.15) is 0 Å². The molecule has 0 heterocycles. The minimum absolute atomic E-state index is 0.107. The first kappa shape index (κ1) is 93.1. The SMILES string of the molecule is CCCCCCCCCCCCCCCCCCCCC(=O)O[C@H](COC(=O)CCCCCCCCCCCCCCCCC)COP(=O)(O)OC[C@@H](O)COP(=O)(O)OC[C@@H](COC(=O)CCCCCCCCCC(C)C)OC(=O)CCCCCCCCCCCCCC. The van der Waals surface area contributed by atoms with Crippen molar-refractivity contribution in [2.45, 2.75) is 419 Å². The summed E-state index contributed by atoms with van der Waals surface area (Å²) in [6, 6.07) is 0. The summed E-state index contributed by atoms with van der Waals surface area (Å²) in [7, 11) is -9.91. The molecule has 0 radical (unpaired) electrons. The minimum atomic E-state index is -4.96. The molecule has 2 unspecified atom stereocenters. The van der Waals surface area contributed by atoms with E-state index in [1.54, 1.807) is 0 Å². The lowest BCUT2D eigenvalue weighted by atomic mass is 10.0. The Morgan fingerprint density at radius 1 is 0.284 bits per heavy atom. The van der Waals surface area contributed by atoms with Crippen molar-refractivity contribution in [2.24, 2.45) is 5.92 Å². The number of hydrogen-bond donors (Lipinski definition) is 3. The molecule has 95 heavy (non-hydrogen) atoms. The molecule has 0 aromatic carbocycles. The molecular formula is C76H148O17P2. The molecule has 0 aromatic heterocycles. The molecule has 0 aliphatic carbocycles. The highest BCUT2D eigenvalue weighted by Gasteiger charge is 2.30. The van der Waals surface area contributed by atoms with Crippen molar-refractivity contribution in [1.82, 2.24) is 0 Å². The first-order valence-corrected chi connectivity index (χ1v) is 42.6. The van der Waals surface area contributed by atoms with Crippen molar-refractivity contribution in [3.05, 3.63) is 0 Å². The summed E-state index contributed by atoms with van der Waals surface area (Å²) in [5.74, 6) is -1.41. The molecule has 17 nitrogen and oxygen atoms in total. The third-order valence-corrected chi connectivity index (χ3v) is 19.7. The van der Waals surface area contributed by atoms with Gasteiger partial charge >= 0.3 is 39.5 Å². The van der Waals surface area contributed by atoms with Gasteiger partial charge in [-0.15, -0.1) is 0 Å². The lowest BCUT2D eigenvalue weighted by molar-refractivity contribution is -0.161. The average Bonchev–Trinajstić information content (AvgIpc) is 1.40. The van der Waals surface area contributed by atoms with Crippen LogP contribution in [0.4, 0.5) is 0 Å². The number of aliphatic hydroxyl groups is 1. The fourth-order valence-corrected chi connectivity index (χ4v) is 13.3. The highest BCUT2D eigenvalue weighted by Crippen LogP contribution is 2.45. The minimum Gasteiger partial charge on any atom is -0.462 e. The Bertz CT molecular complexity index is 1820. The molecule has 5 atom stereocenters. The number of aliphatic hydroxyl groups excluding tert-OH is 1. The van der Waals surface area contributed by atoms with Gasteiger partial charge in [-0.05, 0) is 31.6 Å². The molecular weight excluding hydrogens is 1250 g/mol. The van der Waals surface area contributed by atoms with E-state index >= 15 is 0 Å². The molecule has 3 N–H and O–H groups in total. The van der Waals surface area contributed by atoms with Crippen LogP contribution in [-0.4, -0.2) is 96.7 Å². The molecule has 0 aliphatic rings. The van der Waals surface area contributed by atoms with E-state index in [1.165, 1.54) is 218 Å². The maximum Gasteiger partial charge on any atom is 0.472 e. The maximum absolute atomic E-state index is 13.1. The second-order valence-electron chi connectivity index (χ2n) is 27.9. The Balaban J connectivity index is 5.23. The highest BCUT2D eigenvalue weighted by molar-refractivity contribution is 7.47. The van der Waals surface area contributed by atoms with Gasteiger partial charge in [0.2, 0.25) is 0 Å². The standard InChI is InChI=1S/C76H148O17P2/c1-6-9-12-15-18-21-24-27-29-30-31-33-35-38-41-46-52-57-62-76(81)92-71(65-86-73(78)59-54-49-44-39-37-34-32-28-25-22-19-16-13-10-7-2)67-90-94(82,83)88-63-70(77)64-89-95(84,85)91-68-72(66-87-74(79)60-55-50-47-42-43-48-53-58-69(4)5)93-75(80)61-56-51-45-40-36-26-23-20-17-14-11-8-3/h69-72,77H,6-68H2,1-5H3,(H,82,83)(H,84,85)/t70-,71-,72-/m1/s1. The van der Waals surface area contributed by atoms with E-state index in [1.807, 2.05) is 0 Å². The van der Waals surface area contributed by atoms with Gasteiger partial charge in [-0.3, -0.25) is 37.3 Å². The topological polar surface area (TPSA) is 237 Å². The van der Waals surface area contributed by atoms with Crippen LogP contribution in [-0.2, 0) is 65.4 Å². The molecule has 0 fully saturated rings. The van der Waals surface area contributed by atoms with Gasteiger partial charge in [0.1, 0.15) is 19.3 Å². The molecule has 0 aliphatic heterocycles. The fraction of sp³-hybridized carbons (Fsp3) is 0.947. The van der Waals surface area contributed by atoms with Gasteiger partial charge < -0.3 is 33.8 Å². The Morgan fingerprint density at radius 3 is 0.716 bits per heavy atom. The van der Waals surface area contributed by atoms with Crippen LogP contribution in [0.3, 0.4) is 0 Å². The Hall–Kier alpha value is -1.94. The second kappa shape index (κ2) is 69.2. The van der Waals surface area contributed by atoms with E-state index in [-0.39, 0.29) is 25.7 Å². The van der Waals surface area contributed by atoms with Crippen LogP contribution >= 0.6 is 15.6 Å². The molecule has 19 heteroatoms. The lowest BCUT2D eigenvalue weighted by Crippen LogP contribution is -2.30. The lowest BCUT2D eigenvalue weighted by Gasteiger charge is -2.21. The summed E-state index contributed by atoms with van der Waals surface area (Å²) in [5.41, 5.74) is 0. The summed E-state index contributed by atoms with van der Waals surface area (Å²) in [5, 5.41) is 10.6. The van der Waals surface area contributed by atoms with Crippen molar-refractivity contribution in [2.75, 3.05) is 39.6 Å². The Kier molecular flexibility index (Phi) is 67.7. The smallest absolute Gasteiger partial charge is 0.462 e. The summed E-state index contributed by atoms with van der Waals surface area (Å²) in [4.78, 5) is 72.8. The summed E-state index contributed by atoms with van der Waals surface area (Å²) in [6.07, 6.45) is 58.3. The number of unbranched alkanes of at least 4 members (excludes halogenated alkanes) is 48. The van der Waals surface area contributed by atoms with E-state index in [2.05, 4.69) is 34.6 Å². The molecule has 0 saturated carbocycles. The first-order valence-electron chi connectivity index (χ1n) is 39.6. The summed E-state index contributed by atoms with van der Waals surface area (Å²) >= 11 is 0. The van der Waals surface area contributed by atoms with Crippen molar-refractivity contribution in [1.29, 1.82) is 0 Å². The van der Waals surface area contributed by atoms with E-state index in [9.17, 15) is 43.2 Å². The maximum atomic E-state index is 13.1. The molecule has 0 aromatic rings. The second-order valence-corrected chi connectivity index (χ2v) is 30.8. The molecule has 564 valence electrons. The van der Waals surface area contributed by atoms with Crippen LogP contribution in [0.1, 0.15) is 401 Å². The Labute approximate surface area is 581 Å². The highest BCUT2D eigenvalue weighted by atomic mass is 31.2. The third-order valence-electron chi connectivity index (χ3n) is 17.8. The van der Waals surface area contributed by atoms with Crippen LogP contribution in [0.2, 0.25) is 0 Å². The molecule has 0 bridgehead atoms. The van der Waals surface area contributed by atoms with Crippen molar-refractivity contribution in [3.63, 3.8) is 0 Å². The largest absolute Gasteiger partial charge is 0.472 e.